The van der Waals surface area contributed by atoms with E-state index >= 15 is 0 Å². The summed E-state index contributed by atoms with van der Waals surface area (Å²) < 4.78 is 2.35. The highest BCUT2D eigenvalue weighted by Gasteiger charge is 2.19. The molecule has 26 heavy (non-hydrogen) atoms. The number of nitrogens with one attached hydrogen (secondary N) is 1. The van der Waals surface area contributed by atoms with Gasteiger partial charge in [-0.15, -0.1) is 0 Å². The Morgan fingerprint density at radius 3 is 1.96 bits per heavy atom. The van der Waals surface area contributed by atoms with Gasteiger partial charge in [-0.1, -0.05) is 90.2 Å². The van der Waals surface area contributed by atoms with Gasteiger partial charge < -0.3 is 12.4 Å². The van der Waals surface area contributed by atoms with E-state index in [1.165, 1.54) is 16.8 Å². The molecule has 3 aromatic carbocycles. The van der Waals surface area contributed by atoms with Crippen molar-refractivity contribution in [3.63, 3.8) is 0 Å². The quantitative estimate of drug-likeness (QED) is 0.528. The average molecular weight is 379 g/mol. The third-order valence-corrected chi connectivity index (χ3v) is 4.98. The minimum absolute atomic E-state index is 0. The number of aromatic nitrogens is 1. The fourth-order valence-corrected chi connectivity index (χ4v) is 3.80. The predicted molar refractivity (Wildman–Crippen MR) is 105 cm³/mol. The molecule has 0 aliphatic heterocycles. The highest BCUT2D eigenvalue weighted by atomic mass is 35.5. The smallest absolute Gasteiger partial charge is 0.339 e. The summed E-state index contributed by atoms with van der Waals surface area (Å²) in [5.74, 6) is 0. The van der Waals surface area contributed by atoms with Gasteiger partial charge in [0, 0.05) is 10.9 Å². The Hall–Kier alpha value is -2.62. The molecule has 0 bridgehead atoms. The van der Waals surface area contributed by atoms with Gasteiger partial charge in [-0.2, -0.15) is 0 Å². The number of hydrogen-bond donors (Lipinski definition) is 1. The molecule has 0 aliphatic carbocycles. The molecule has 1 aromatic heterocycles. The van der Waals surface area contributed by atoms with E-state index in [2.05, 4.69) is 100 Å². The molecule has 0 amide bonds. The number of benzene rings is 3. The molecule has 0 radical (unpaired) electrons. The molecule has 0 unspecified atom stereocenters. The summed E-state index contributed by atoms with van der Waals surface area (Å²) in [4.78, 5) is 0. The molecule has 0 atom stereocenters. The monoisotopic (exact) mass is 378 g/mol. The van der Waals surface area contributed by atoms with Crippen molar-refractivity contribution in [3.8, 4) is 11.3 Å². The SMILES string of the molecule is [Cl-].c1ccc(C[n+]2c(-c3ccccc3)csc2Nc2ccccc2)cc1. The van der Waals surface area contributed by atoms with Crippen molar-refractivity contribution in [2.24, 2.45) is 0 Å². The summed E-state index contributed by atoms with van der Waals surface area (Å²) in [7, 11) is 0. The van der Waals surface area contributed by atoms with Gasteiger partial charge >= 0.3 is 5.13 Å². The summed E-state index contributed by atoms with van der Waals surface area (Å²) in [5, 5.41) is 6.92. The Labute approximate surface area is 164 Å². The Morgan fingerprint density at radius 1 is 0.731 bits per heavy atom. The summed E-state index contributed by atoms with van der Waals surface area (Å²) >= 11 is 1.74. The minimum atomic E-state index is 0. The maximum atomic E-state index is 3.56. The Balaban J connectivity index is 0.00000196. The van der Waals surface area contributed by atoms with Gasteiger partial charge in [0.1, 0.15) is 17.9 Å². The van der Waals surface area contributed by atoms with Crippen LogP contribution in [0.15, 0.2) is 96.4 Å². The van der Waals surface area contributed by atoms with Crippen molar-refractivity contribution >= 4 is 22.2 Å². The molecule has 4 heteroatoms. The Morgan fingerprint density at radius 2 is 1.31 bits per heavy atom. The Bertz CT molecular complexity index is 938. The lowest BCUT2D eigenvalue weighted by Gasteiger charge is -2.07. The summed E-state index contributed by atoms with van der Waals surface area (Å²) in [5.41, 5.74) is 4.86. The highest BCUT2D eigenvalue weighted by Crippen LogP contribution is 2.26. The second-order valence-electron chi connectivity index (χ2n) is 5.85. The maximum absolute atomic E-state index is 3.56. The zero-order valence-corrected chi connectivity index (χ0v) is 15.8. The number of nitrogens with zero attached hydrogens (tertiary/aromatic N) is 1. The van der Waals surface area contributed by atoms with Crippen LogP contribution in [0.25, 0.3) is 11.3 Å². The summed E-state index contributed by atoms with van der Waals surface area (Å²) in [6.45, 7) is 0.837. The molecular weight excluding hydrogens is 360 g/mol. The van der Waals surface area contributed by atoms with Gasteiger partial charge in [-0.3, -0.25) is 0 Å². The minimum Gasteiger partial charge on any atom is -1.00 e. The zero-order valence-electron chi connectivity index (χ0n) is 14.2. The predicted octanol–water partition coefficient (Wildman–Crippen LogP) is 2.50. The number of thiazole rings is 1. The molecule has 130 valence electrons. The van der Waals surface area contributed by atoms with Crippen molar-refractivity contribution in [1.82, 2.24) is 0 Å². The van der Waals surface area contributed by atoms with Crippen LogP contribution in [0.3, 0.4) is 0 Å². The first-order chi connectivity index (χ1) is 12.4. The lowest BCUT2D eigenvalue weighted by atomic mass is 10.1. The van der Waals surface area contributed by atoms with Gasteiger partial charge in [0.25, 0.3) is 0 Å². The van der Waals surface area contributed by atoms with Crippen LogP contribution in [0.1, 0.15) is 5.56 Å². The molecule has 2 nitrogen and oxygen atoms in total. The first kappa shape index (κ1) is 18.2. The summed E-state index contributed by atoms with van der Waals surface area (Å²) in [6, 6.07) is 31.5. The van der Waals surface area contributed by atoms with Crippen LogP contribution in [-0.4, -0.2) is 0 Å². The van der Waals surface area contributed by atoms with Crippen molar-refractivity contribution in [2.75, 3.05) is 5.32 Å². The van der Waals surface area contributed by atoms with Gasteiger partial charge in [-0.25, -0.2) is 9.88 Å². The van der Waals surface area contributed by atoms with Crippen LogP contribution in [-0.2, 0) is 6.54 Å². The third kappa shape index (κ3) is 4.13. The normalized spacial score (nSPS) is 10.2. The van der Waals surface area contributed by atoms with E-state index in [9.17, 15) is 0 Å². The lowest BCUT2D eigenvalue weighted by Crippen LogP contribution is -3.00. The lowest BCUT2D eigenvalue weighted by molar-refractivity contribution is -0.659. The molecular formula is C22H19ClN2S. The first-order valence-corrected chi connectivity index (χ1v) is 9.21. The number of halogens is 1. The van der Waals surface area contributed by atoms with Crippen molar-refractivity contribution < 1.29 is 17.0 Å². The molecule has 1 heterocycles. The van der Waals surface area contributed by atoms with Crippen LogP contribution < -0.4 is 22.3 Å². The van der Waals surface area contributed by atoms with Gasteiger partial charge in [0.15, 0.2) is 0 Å². The third-order valence-electron chi connectivity index (χ3n) is 4.10. The zero-order chi connectivity index (χ0) is 16.9. The largest absolute Gasteiger partial charge is 1.00 e. The van der Waals surface area contributed by atoms with Gasteiger partial charge in [-0.05, 0) is 17.7 Å². The van der Waals surface area contributed by atoms with Crippen molar-refractivity contribution in [3.05, 3.63) is 102 Å². The van der Waals surface area contributed by atoms with E-state index in [1.54, 1.807) is 11.3 Å². The van der Waals surface area contributed by atoms with Crippen LogP contribution in [0, 0.1) is 0 Å². The van der Waals surface area contributed by atoms with Crippen LogP contribution in [0.5, 0.6) is 0 Å². The molecule has 4 rings (SSSR count). The van der Waals surface area contributed by atoms with Crippen molar-refractivity contribution in [1.29, 1.82) is 0 Å². The number of anilines is 2. The standard InChI is InChI=1S/C22H18N2S.ClH/c1-4-10-18(11-5-1)16-24-21(19-12-6-2-7-13-19)17-25-22(24)23-20-14-8-3-9-15-20;/h1-15,17H,16H2;1H. The van der Waals surface area contributed by atoms with Crippen molar-refractivity contribution in [2.45, 2.75) is 6.54 Å². The van der Waals surface area contributed by atoms with E-state index in [1.807, 2.05) is 6.07 Å². The second kappa shape index (κ2) is 8.65. The maximum Gasteiger partial charge on any atom is 0.339 e. The molecule has 4 aromatic rings. The fourth-order valence-electron chi connectivity index (χ4n) is 2.85. The first-order valence-electron chi connectivity index (χ1n) is 8.33. The van der Waals surface area contributed by atoms with Crippen LogP contribution in [0.4, 0.5) is 10.8 Å². The molecule has 0 aliphatic rings. The molecule has 0 fully saturated rings. The fraction of sp³-hybridized carbons (Fsp3) is 0.0455. The van der Waals surface area contributed by atoms with E-state index in [0.29, 0.717) is 0 Å². The molecule has 1 N–H and O–H groups in total. The second-order valence-corrected chi connectivity index (χ2v) is 6.71. The average Bonchev–Trinajstić information content (AvgIpc) is 3.06. The molecule has 0 spiro atoms. The number of para-hydroxylation sites is 1. The van der Waals surface area contributed by atoms with Gasteiger partial charge in [0.2, 0.25) is 0 Å². The van der Waals surface area contributed by atoms with E-state index in [0.717, 1.165) is 17.4 Å². The van der Waals surface area contributed by atoms with E-state index < -0.39 is 0 Å². The topological polar surface area (TPSA) is 15.9 Å². The van der Waals surface area contributed by atoms with Crippen LogP contribution in [0.2, 0.25) is 0 Å². The number of rotatable bonds is 5. The highest BCUT2D eigenvalue weighted by molar-refractivity contribution is 7.13. The van der Waals surface area contributed by atoms with E-state index in [4.69, 9.17) is 0 Å². The summed E-state index contributed by atoms with van der Waals surface area (Å²) in [6.07, 6.45) is 0. The van der Waals surface area contributed by atoms with Crippen LogP contribution >= 0.6 is 11.3 Å². The van der Waals surface area contributed by atoms with E-state index in [-0.39, 0.29) is 12.4 Å². The Kier molecular flexibility index (Phi) is 6.05. The van der Waals surface area contributed by atoms with Gasteiger partial charge in [0.05, 0.1) is 0 Å². The number of hydrogen-bond acceptors (Lipinski definition) is 2. The molecule has 0 saturated heterocycles. The molecule has 0 saturated carbocycles.